The average Bonchev–Trinajstić information content (AvgIpc) is 4.01. The van der Waals surface area contributed by atoms with Crippen LogP contribution in [0.15, 0.2) is 194 Å². The summed E-state index contributed by atoms with van der Waals surface area (Å²) in [5.41, 5.74) is 17.6. The molecule has 3 aromatic heterocycles. The van der Waals surface area contributed by atoms with Gasteiger partial charge in [0.05, 0.1) is 27.8 Å². The van der Waals surface area contributed by atoms with Crippen molar-refractivity contribution in [2.24, 2.45) is 0 Å². The first kappa shape index (κ1) is 33.7. The van der Waals surface area contributed by atoms with Crippen molar-refractivity contribution < 1.29 is 0 Å². The highest BCUT2D eigenvalue weighted by molar-refractivity contribution is 7.25. The Bertz CT molecular complexity index is 3760. The van der Waals surface area contributed by atoms with Crippen LogP contribution in [0.1, 0.15) is 25.0 Å². The third kappa shape index (κ3) is 4.64. The van der Waals surface area contributed by atoms with E-state index in [1.54, 1.807) is 0 Å². The smallest absolute Gasteiger partial charge is 0.0541 e. The van der Waals surface area contributed by atoms with E-state index < -0.39 is 0 Å². The molecule has 0 atom stereocenters. The van der Waals surface area contributed by atoms with E-state index in [1.807, 2.05) is 11.3 Å². The van der Waals surface area contributed by atoms with E-state index in [0.29, 0.717) is 0 Å². The zero-order chi connectivity index (χ0) is 39.7. The molecule has 0 amide bonds. The van der Waals surface area contributed by atoms with Gasteiger partial charge in [0.1, 0.15) is 0 Å². The number of hydrogen-bond acceptors (Lipinski definition) is 1. The number of aromatic nitrogens is 2. The highest BCUT2D eigenvalue weighted by Crippen LogP contribution is 2.50. The van der Waals surface area contributed by atoms with Crippen molar-refractivity contribution in [2.45, 2.75) is 19.3 Å². The molecule has 12 aromatic rings. The summed E-state index contributed by atoms with van der Waals surface area (Å²) >= 11 is 1.87. The van der Waals surface area contributed by atoms with Gasteiger partial charge in [-0.05, 0) is 106 Å². The molecule has 0 unspecified atom stereocenters. The second kappa shape index (κ2) is 12.4. The predicted octanol–water partition coefficient (Wildman–Crippen LogP) is 15.9. The van der Waals surface area contributed by atoms with Gasteiger partial charge in [-0.15, -0.1) is 11.3 Å². The third-order valence-corrected chi connectivity index (χ3v) is 14.5. The largest absolute Gasteiger partial charge is 0.309 e. The van der Waals surface area contributed by atoms with Gasteiger partial charge in [0.25, 0.3) is 0 Å². The fourth-order valence-electron chi connectivity index (χ4n) is 10.6. The fraction of sp³-hybridized carbons (Fsp3) is 0.0526. The van der Waals surface area contributed by atoms with Crippen molar-refractivity contribution in [3.05, 3.63) is 205 Å². The summed E-state index contributed by atoms with van der Waals surface area (Å²) in [5.74, 6) is 0. The summed E-state index contributed by atoms with van der Waals surface area (Å²) in [6.45, 7) is 4.72. The van der Waals surface area contributed by atoms with Gasteiger partial charge in [-0.3, -0.25) is 0 Å². The van der Waals surface area contributed by atoms with Gasteiger partial charge in [0.15, 0.2) is 0 Å². The van der Waals surface area contributed by atoms with Crippen LogP contribution in [0, 0.1) is 0 Å². The Morgan fingerprint density at radius 2 is 0.917 bits per heavy atom. The van der Waals surface area contributed by atoms with E-state index in [0.717, 1.165) is 0 Å². The molecule has 1 aliphatic carbocycles. The quantitative estimate of drug-likeness (QED) is 0.168. The number of benzene rings is 9. The number of fused-ring (bicyclic) bond motifs is 12. The van der Waals surface area contributed by atoms with Crippen LogP contribution < -0.4 is 0 Å². The van der Waals surface area contributed by atoms with Gasteiger partial charge < -0.3 is 9.13 Å². The number of hydrogen-bond donors (Lipinski definition) is 0. The van der Waals surface area contributed by atoms with Gasteiger partial charge in [0, 0.05) is 58.4 Å². The van der Waals surface area contributed by atoms with Crippen molar-refractivity contribution >= 4 is 75.1 Å². The van der Waals surface area contributed by atoms with Gasteiger partial charge in [-0.25, -0.2) is 0 Å². The number of para-hydroxylation sites is 3. The van der Waals surface area contributed by atoms with E-state index in [1.165, 1.54) is 120 Å². The topological polar surface area (TPSA) is 9.86 Å². The molecule has 0 spiro atoms. The number of thiophene rings is 1. The van der Waals surface area contributed by atoms with E-state index in [-0.39, 0.29) is 5.41 Å². The molecule has 13 rings (SSSR count). The lowest BCUT2D eigenvalue weighted by molar-refractivity contribution is 0.660. The molecule has 282 valence electrons. The average molecular weight is 783 g/mol. The van der Waals surface area contributed by atoms with Crippen LogP contribution >= 0.6 is 11.3 Å². The monoisotopic (exact) mass is 782 g/mol. The molecule has 3 heterocycles. The highest BCUT2D eigenvalue weighted by atomic mass is 32.1. The van der Waals surface area contributed by atoms with Gasteiger partial charge in [-0.1, -0.05) is 141 Å². The van der Waals surface area contributed by atoms with E-state index in [2.05, 4.69) is 217 Å². The maximum Gasteiger partial charge on any atom is 0.0541 e. The number of rotatable bonds is 4. The second-order valence-electron chi connectivity index (χ2n) is 16.9. The molecule has 1 aliphatic rings. The van der Waals surface area contributed by atoms with Crippen molar-refractivity contribution in [3.63, 3.8) is 0 Å². The lowest BCUT2D eigenvalue weighted by Crippen LogP contribution is -2.15. The second-order valence-corrected chi connectivity index (χ2v) is 17.9. The highest BCUT2D eigenvalue weighted by Gasteiger charge is 2.35. The molecule has 60 heavy (non-hydrogen) atoms. The Morgan fingerprint density at radius 1 is 0.367 bits per heavy atom. The minimum absolute atomic E-state index is 0.0648. The Morgan fingerprint density at radius 3 is 1.68 bits per heavy atom. The first-order valence-electron chi connectivity index (χ1n) is 20.8. The first-order valence-corrected chi connectivity index (χ1v) is 21.7. The summed E-state index contributed by atoms with van der Waals surface area (Å²) in [7, 11) is 0. The molecular formula is C57H38N2S. The molecule has 2 nitrogen and oxygen atoms in total. The van der Waals surface area contributed by atoms with Gasteiger partial charge in [-0.2, -0.15) is 0 Å². The van der Waals surface area contributed by atoms with Crippen molar-refractivity contribution in [1.29, 1.82) is 0 Å². The van der Waals surface area contributed by atoms with Crippen LogP contribution in [-0.2, 0) is 5.41 Å². The minimum Gasteiger partial charge on any atom is -0.309 e. The van der Waals surface area contributed by atoms with E-state index in [4.69, 9.17) is 0 Å². The van der Waals surface area contributed by atoms with Crippen LogP contribution in [0.5, 0.6) is 0 Å². The summed E-state index contributed by atoms with van der Waals surface area (Å²) in [4.78, 5) is 0. The molecular weight excluding hydrogens is 745 g/mol. The molecule has 0 bridgehead atoms. The maximum absolute atomic E-state index is 2.48. The summed E-state index contributed by atoms with van der Waals surface area (Å²) in [6.07, 6.45) is 0. The molecule has 0 fully saturated rings. The van der Waals surface area contributed by atoms with Gasteiger partial charge >= 0.3 is 0 Å². The van der Waals surface area contributed by atoms with Crippen LogP contribution in [-0.4, -0.2) is 9.13 Å². The lowest BCUT2D eigenvalue weighted by atomic mass is 9.82. The fourth-order valence-corrected chi connectivity index (χ4v) is 11.7. The van der Waals surface area contributed by atoms with Crippen molar-refractivity contribution in [1.82, 2.24) is 9.13 Å². The Labute approximate surface area is 351 Å². The minimum atomic E-state index is -0.0648. The van der Waals surface area contributed by atoms with E-state index in [9.17, 15) is 0 Å². The Balaban J connectivity index is 0.971. The molecule has 0 saturated heterocycles. The van der Waals surface area contributed by atoms with E-state index >= 15 is 0 Å². The zero-order valence-corrected chi connectivity index (χ0v) is 34.1. The normalized spacial score (nSPS) is 13.3. The maximum atomic E-state index is 2.48. The third-order valence-electron chi connectivity index (χ3n) is 13.3. The van der Waals surface area contributed by atoms with Crippen LogP contribution in [0.3, 0.4) is 0 Å². The molecule has 0 N–H and O–H groups in total. The standard InChI is InChI=1S/C57H38N2S/c1-57(2)47-20-8-3-14-38(47)39-29-28-37(34-48(39)57)58-49-21-9-5-16-41(49)45-32-35(26-30-52(45)58)36-27-31-53-46(33-36)42-17-6-11-23-51(42)59(53)50-22-10-4-15-40(50)43-19-13-25-55-56(43)44-18-7-12-24-54(44)60-55/h3-34H,1-2H3. The molecule has 0 saturated carbocycles. The Hall–Kier alpha value is -7.20. The molecule has 3 heteroatoms. The van der Waals surface area contributed by atoms with Crippen LogP contribution in [0.2, 0.25) is 0 Å². The van der Waals surface area contributed by atoms with Crippen molar-refractivity contribution in [2.75, 3.05) is 0 Å². The first-order chi connectivity index (χ1) is 29.5. The molecule has 0 aliphatic heterocycles. The van der Waals surface area contributed by atoms with Crippen LogP contribution in [0.4, 0.5) is 0 Å². The van der Waals surface area contributed by atoms with Crippen LogP contribution in [0.25, 0.3) is 109 Å². The van der Waals surface area contributed by atoms with Crippen molar-refractivity contribution in [3.8, 4) is 44.8 Å². The SMILES string of the molecule is CC1(C)c2ccccc2-c2ccc(-n3c4ccccc4c4cc(-c5ccc6c(c5)c5ccccc5n6-c5ccccc5-c5cccc6sc7ccccc7c56)ccc43)cc21. The summed E-state index contributed by atoms with van der Waals surface area (Å²) in [5, 5.41) is 7.68. The molecule has 9 aromatic carbocycles. The zero-order valence-electron chi connectivity index (χ0n) is 33.3. The summed E-state index contributed by atoms with van der Waals surface area (Å²) < 4.78 is 7.58. The molecule has 0 radical (unpaired) electrons. The number of nitrogens with zero attached hydrogens (tertiary/aromatic N) is 2. The van der Waals surface area contributed by atoms with Gasteiger partial charge in [0.2, 0.25) is 0 Å². The Kier molecular flexibility index (Phi) is 6.98. The lowest BCUT2D eigenvalue weighted by Gasteiger charge is -2.22. The summed E-state index contributed by atoms with van der Waals surface area (Å²) in [6, 6.07) is 72.3. The predicted molar refractivity (Wildman–Crippen MR) is 256 cm³/mol.